The Balaban J connectivity index is 2.69. The summed E-state index contributed by atoms with van der Waals surface area (Å²) in [7, 11) is 1.53. The number of alkyl halides is 3. The highest BCUT2D eigenvalue weighted by Crippen LogP contribution is 2.17. The number of carbonyl (C=O) groups is 1. The summed E-state index contributed by atoms with van der Waals surface area (Å²) in [5.74, 6) is -0.343. The minimum absolute atomic E-state index is 0.287. The largest absolute Gasteiger partial charge is 0.406 e. The van der Waals surface area contributed by atoms with Crippen LogP contribution in [0, 0.1) is 0 Å². The number of likely N-dealkylation sites (N-methyl/N-ethyl adjacent to an activating group) is 1. The molecule has 0 aliphatic carbocycles. The molecule has 1 aromatic rings. The van der Waals surface area contributed by atoms with Crippen LogP contribution in [0.4, 0.5) is 19.0 Å². The van der Waals surface area contributed by atoms with E-state index >= 15 is 0 Å². The molecule has 0 saturated heterocycles. The Morgan fingerprint density at radius 3 is 2.57 bits per heavy atom. The number of rotatable bonds is 6. The molecule has 0 aromatic carbocycles. The average molecular weight is 326 g/mol. The first-order valence-electron chi connectivity index (χ1n) is 6.01. The lowest BCUT2D eigenvalue weighted by Gasteiger charge is -2.26. The van der Waals surface area contributed by atoms with Crippen molar-refractivity contribution in [2.45, 2.75) is 6.18 Å². The molecule has 0 bridgehead atoms. The van der Waals surface area contributed by atoms with E-state index in [0.29, 0.717) is 15.7 Å². The van der Waals surface area contributed by atoms with Gasteiger partial charge in [-0.25, -0.2) is 4.98 Å². The van der Waals surface area contributed by atoms with Gasteiger partial charge in [0.2, 0.25) is 5.91 Å². The molecule has 0 aliphatic heterocycles. The first kappa shape index (κ1) is 17.5. The van der Waals surface area contributed by atoms with Gasteiger partial charge in [-0.3, -0.25) is 4.79 Å². The highest BCUT2D eigenvalue weighted by molar-refractivity contribution is 6.30. The number of amides is 1. The number of hydrogen-bond donors (Lipinski definition) is 1. The summed E-state index contributed by atoms with van der Waals surface area (Å²) in [6.45, 7) is -2.59. The number of pyridine rings is 1. The number of aromatic nitrogens is 1. The standard InChI is InChI=1S/C12H15ClF3N3O2/c1-18(10-3-2-9(13)6-17-10)7-11(21)19(4-5-20)8-12(14,15)16/h2-3,6,20H,4-5,7-8H2,1H3. The van der Waals surface area contributed by atoms with Crippen LogP contribution >= 0.6 is 11.6 Å². The van der Waals surface area contributed by atoms with E-state index in [1.165, 1.54) is 18.1 Å². The topological polar surface area (TPSA) is 56.7 Å². The van der Waals surface area contributed by atoms with Gasteiger partial charge in [-0.05, 0) is 12.1 Å². The lowest BCUT2D eigenvalue weighted by Crippen LogP contribution is -2.45. The van der Waals surface area contributed by atoms with Crippen molar-refractivity contribution in [2.75, 3.05) is 38.2 Å². The second kappa shape index (κ2) is 7.46. The molecule has 1 N–H and O–H groups in total. The van der Waals surface area contributed by atoms with Crippen molar-refractivity contribution in [1.82, 2.24) is 9.88 Å². The maximum atomic E-state index is 12.4. The van der Waals surface area contributed by atoms with Gasteiger partial charge in [-0.2, -0.15) is 13.2 Å². The van der Waals surface area contributed by atoms with Gasteiger partial charge < -0.3 is 14.9 Å². The zero-order valence-corrected chi connectivity index (χ0v) is 12.0. The summed E-state index contributed by atoms with van der Waals surface area (Å²) in [4.78, 5) is 17.8. The Morgan fingerprint density at radius 1 is 1.43 bits per heavy atom. The third-order valence-corrected chi connectivity index (χ3v) is 2.79. The zero-order chi connectivity index (χ0) is 16.0. The molecule has 5 nitrogen and oxygen atoms in total. The number of aliphatic hydroxyl groups excluding tert-OH is 1. The number of nitrogens with zero attached hydrogens (tertiary/aromatic N) is 3. The molecule has 0 aliphatic rings. The minimum Gasteiger partial charge on any atom is -0.395 e. The number of hydrogen-bond acceptors (Lipinski definition) is 4. The van der Waals surface area contributed by atoms with E-state index in [1.807, 2.05) is 0 Å². The number of carbonyl (C=O) groups excluding carboxylic acids is 1. The van der Waals surface area contributed by atoms with E-state index in [1.54, 1.807) is 12.1 Å². The Labute approximate surface area is 124 Å². The van der Waals surface area contributed by atoms with Crippen LogP contribution < -0.4 is 4.90 Å². The van der Waals surface area contributed by atoms with Crippen molar-refractivity contribution in [2.24, 2.45) is 0 Å². The summed E-state index contributed by atoms with van der Waals surface area (Å²) >= 11 is 5.68. The predicted octanol–water partition coefficient (Wildman–Crippen LogP) is 1.55. The fourth-order valence-electron chi connectivity index (χ4n) is 1.61. The van der Waals surface area contributed by atoms with E-state index in [9.17, 15) is 18.0 Å². The second-order valence-corrected chi connectivity index (χ2v) is 4.78. The SMILES string of the molecule is CN(CC(=O)N(CCO)CC(F)(F)F)c1ccc(Cl)cn1. The normalized spacial score (nSPS) is 11.3. The fourth-order valence-corrected chi connectivity index (χ4v) is 1.72. The van der Waals surface area contributed by atoms with Crippen LogP contribution in [-0.2, 0) is 4.79 Å². The van der Waals surface area contributed by atoms with Crippen LogP contribution in [0.2, 0.25) is 5.02 Å². The van der Waals surface area contributed by atoms with Crippen LogP contribution in [0.25, 0.3) is 0 Å². The van der Waals surface area contributed by atoms with Gasteiger partial charge in [0.05, 0.1) is 18.2 Å². The molecular formula is C12H15ClF3N3O2. The molecule has 0 atom stereocenters. The predicted molar refractivity (Wildman–Crippen MR) is 72.2 cm³/mol. The van der Waals surface area contributed by atoms with Gasteiger partial charge in [-0.1, -0.05) is 11.6 Å². The molecule has 0 radical (unpaired) electrons. The van der Waals surface area contributed by atoms with Gasteiger partial charge in [0, 0.05) is 19.8 Å². The molecule has 1 aromatic heterocycles. The van der Waals surface area contributed by atoms with Crippen LogP contribution in [0.5, 0.6) is 0 Å². The summed E-state index contributed by atoms with van der Waals surface area (Å²) in [5, 5.41) is 9.18. The fraction of sp³-hybridized carbons (Fsp3) is 0.500. The van der Waals surface area contributed by atoms with Crippen LogP contribution in [-0.4, -0.2) is 60.4 Å². The molecule has 0 saturated carbocycles. The van der Waals surface area contributed by atoms with E-state index in [-0.39, 0.29) is 13.1 Å². The van der Waals surface area contributed by atoms with Gasteiger partial charge in [0.15, 0.2) is 0 Å². The monoisotopic (exact) mass is 325 g/mol. The van der Waals surface area contributed by atoms with Crippen LogP contribution in [0.15, 0.2) is 18.3 Å². The summed E-state index contributed by atoms with van der Waals surface area (Å²) < 4.78 is 37.1. The van der Waals surface area contributed by atoms with Gasteiger partial charge >= 0.3 is 6.18 Å². The van der Waals surface area contributed by atoms with E-state index < -0.39 is 25.2 Å². The smallest absolute Gasteiger partial charge is 0.395 e. The van der Waals surface area contributed by atoms with Crippen molar-refractivity contribution >= 4 is 23.3 Å². The summed E-state index contributed by atoms with van der Waals surface area (Å²) in [6, 6.07) is 3.11. The number of anilines is 1. The van der Waals surface area contributed by atoms with Crippen LogP contribution in [0.3, 0.4) is 0 Å². The zero-order valence-electron chi connectivity index (χ0n) is 11.3. The highest BCUT2D eigenvalue weighted by atomic mass is 35.5. The molecule has 21 heavy (non-hydrogen) atoms. The lowest BCUT2D eigenvalue weighted by atomic mass is 10.3. The Morgan fingerprint density at radius 2 is 2.10 bits per heavy atom. The first-order chi connectivity index (χ1) is 9.73. The summed E-state index contributed by atoms with van der Waals surface area (Å²) in [5.41, 5.74) is 0. The molecule has 1 amide bonds. The Kier molecular flexibility index (Phi) is 6.22. The molecule has 0 fully saturated rings. The van der Waals surface area contributed by atoms with Gasteiger partial charge in [0.1, 0.15) is 12.4 Å². The number of aliphatic hydroxyl groups is 1. The maximum absolute atomic E-state index is 12.4. The molecule has 0 spiro atoms. The second-order valence-electron chi connectivity index (χ2n) is 4.34. The first-order valence-corrected chi connectivity index (χ1v) is 6.39. The lowest BCUT2D eigenvalue weighted by molar-refractivity contribution is -0.161. The van der Waals surface area contributed by atoms with E-state index in [4.69, 9.17) is 16.7 Å². The third kappa shape index (κ3) is 6.17. The van der Waals surface area contributed by atoms with E-state index in [0.717, 1.165) is 0 Å². The molecule has 1 rings (SSSR count). The van der Waals surface area contributed by atoms with Crippen LogP contribution in [0.1, 0.15) is 0 Å². The molecular weight excluding hydrogens is 311 g/mol. The Bertz CT molecular complexity index is 468. The summed E-state index contributed by atoms with van der Waals surface area (Å²) in [6.07, 6.45) is -3.14. The van der Waals surface area contributed by atoms with Crippen molar-refractivity contribution in [3.8, 4) is 0 Å². The highest BCUT2D eigenvalue weighted by Gasteiger charge is 2.33. The van der Waals surface area contributed by atoms with Crippen molar-refractivity contribution < 1.29 is 23.1 Å². The van der Waals surface area contributed by atoms with Crippen molar-refractivity contribution in [3.05, 3.63) is 23.4 Å². The van der Waals surface area contributed by atoms with Gasteiger partial charge in [0.25, 0.3) is 0 Å². The third-order valence-electron chi connectivity index (χ3n) is 2.57. The van der Waals surface area contributed by atoms with E-state index in [2.05, 4.69) is 4.98 Å². The minimum atomic E-state index is -4.51. The maximum Gasteiger partial charge on any atom is 0.406 e. The quantitative estimate of drug-likeness (QED) is 0.862. The van der Waals surface area contributed by atoms with Crippen molar-refractivity contribution in [3.63, 3.8) is 0 Å². The average Bonchev–Trinajstić information content (AvgIpc) is 2.37. The van der Waals surface area contributed by atoms with Crippen molar-refractivity contribution in [1.29, 1.82) is 0 Å². The van der Waals surface area contributed by atoms with Gasteiger partial charge in [-0.15, -0.1) is 0 Å². The molecule has 9 heteroatoms. The number of halogens is 4. The molecule has 118 valence electrons. The molecule has 0 unspecified atom stereocenters. The molecule has 1 heterocycles. The Hall–Kier alpha value is -1.54.